The summed E-state index contributed by atoms with van der Waals surface area (Å²) in [5.41, 5.74) is 0. The third-order valence-corrected chi connectivity index (χ3v) is 4.28. The van der Waals surface area contributed by atoms with Crippen LogP contribution >= 0.6 is 23.4 Å². The van der Waals surface area contributed by atoms with Gasteiger partial charge >= 0.3 is 0 Å². The van der Waals surface area contributed by atoms with Gasteiger partial charge in [-0.3, -0.25) is 0 Å². The zero-order chi connectivity index (χ0) is 7.61. The smallest absolute Gasteiger partial charge is 0.135 e. The van der Waals surface area contributed by atoms with Crippen LogP contribution in [0.4, 0.5) is 0 Å². The number of hydrogen-bond donors (Lipinski definition) is 0. The highest BCUT2D eigenvalue weighted by Gasteiger charge is 2.42. The highest BCUT2D eigenvalue weighted by Crippen LogP contribution is 2.47. The van der Waals surface area contributed by atoms with Crippen molar-refractivity contribution in [2.75, 3.05) is 6.26 Å². The van der Waals surface area contributed by atoms with Crippen LogP contribution in [0, 0.1) is 11.3 Å². The first-order valence-electron chi connectivity index (χ1n) is 3.34. The standard InChI is InChI=1S/C7H10ClNS/c1-10-7(3-2-4-7)6(8)5-9/h6H,2-4H2,1H3. The fourth-order valence-corrected chi connectivity index (χ4v) is 2.65. The van der Waals surface area contributed by atoms with E-state index in [1.165, 1.54) is 6.42 Å². The summed E-state index contributed by atoms with van der Waals surface area (Å²) >= 11 is 7.58. The van der Waals surface area contributed by atoms with Crippen molar-refractivity contribution in [1.29, 1.82) is 5.26 Å². The summed E-state index contributed by atoms with van der Waals surface area (Å²) in [6, 6.07) is 2.10. The lowest BCUT2D eigenvalue weighted by Crippen LogP contribution is -2.41. The van der Waals surface area contributed by atoms with E-state index in [2.05, 4.69) is 6.07 Å². The molecule has 10 heavy (non-hydrogen) atoms. The van der Waals surface area contributed by atoms with Crippen LogP contribution < -0.4 is 0 Å². The summed E-state index contributed by atoms with van der Waals surface area (Å²) in [6.07, 6.45) is 5.48. The second-order valence-electron chi connectivity index (χ2n) is 2.61. The molecule has 1 nitrogen and oxygen atoms in total. The quantitative estimate of drug-likeness (QED) is 0.602. The molecule has 1 fully saturated rings. The molecule has 3 heteroatoms. The van der Waals surface area contributed by atoms with E-state index in [-0.39, 0.29) is 10.1 Å². The second kappa shape index (κ2) is 3.02. The fraction of sp³-hybridized carbons (Fsp3) is 0.857. The molecule has 1 aliphatic rings. The van der Waals surface area contributed by atoms with Crippen molar-refractivity contribution in [2.24, 2.45) is 0 Å². The van der Waals surface area contributed by atoms with E-state index in [9.17, 15) is 0 Å². The molecule has 0 aromatic carbocycles. The predicted octanol–water partition coefficient (Wildman–Crippen LogP) is 2.40. The maximum atomic E-state index is 8.57. The van der Waals surface area contributed by atoms with E-state index < -0.39 is 0 Å². The molecule has 0 spiro atoms. The van der Waals surface area contributed by atoms with Gasteiger partial charge in [0.25, 0.3) is 0 Å². The highest BCUT2D eigenvalue weighted by atomic mass is 35.5. The molecule has 1 rings (SSSR count). The summed E-state index contributed by atoms with van der Waals surface area (Å²) in [5.74, 6) is 0. The van der Waals surface area contributed by atoms with Gasteiger partial charge in [0.1, 0.15) is 5.38 Å². The number of hydrogen-bond acceptors (Lipinski definition) is 2. The number of rotatable bonds is 2. The van der Waals surface area contributed by atoms with Crippen LogP contribution in [0.15, 0.2) is 0 Å². The topological polar surface area (TPSA) is 23.8 Å². The average Bonchev–Trinajstić information content (AvgIpc) is 1.86. The van der Waals surface area contributed by atoms with Crippen LogP contribution in [-0.2, 0) is 0 Å². The SMILES string of the molecule is CSC1(C(Cl)C#N)CCC1. The molecule has 1 unspecified atom stereocenters. The monoisotopic (exact) mass is 175 g/mol. The number of nitrogens with zero attached hydrogens (tertiary/aromatic N) is 1. The number of thioether (sulfide) groups is 1. The van der Waals surface area contributed by atoms with Crippen molar-refractivity contribution in [2.45, 2.75) is 29.4 Å². The Balaban J connectivity index is 2.57. The Morgan fingerprint density at radius 2 is 2.30 bits per heavy atom. The van der Waals surface area contributed by atoms with Crippen LogP contribution in [0.1, 0.15) is 19.3 Å². The summed E-state index contributed by atoms with van der Waals surface area (Å²) in [7, 11) is 0. The van der Waals surface area contributed by atoms with E-state index in [0.29, 0.717) is 0 Å². The van der Waals surface area contributed by atoms with Gasteiger partial charge in [0, 0.05) is 4.75 Å². The molecular formula is C7H10ClNS. The van der Waals surface area contributed by atoms with Gasteiger partial charge in [-0.1, -0.05) is 6.42 Å². The molecule has 56 valence electrons. The minimum atomic E-state index is -0.295. The van der Waals surface area contributed by atoms with Crippen molar-refractivity contribution in [1.82, 2.24) is 0 Å². The Kier molecular flexibility index (Phi) is 2.49. The van der Waals surface area contributed by atoms with Crippen LogP contribution in [0.25, 0.3) is 0 Å². The highest BCUT2D eigenvalue weighted by molar-refractivity contribution is 8.00. The van der Waals surface area contributed by atoms with Crippen molar-refractivity contribution >= 4 is 23.4 Å². The Bertz CT molecular complexity index is 154. The van der Waals surface area contributed by atoms with Crippen LogP contribution in [0.2, 0.25) is 0 Å². The molecular weight excluding hydrogens is 166 g/mol. The van der Waals surface area contributed by atoms with Crippen molar-refractivity contribution in [3.63, 3.8) is 0 Å². The van der Waals surface area contributed by atoms with Gasteiger partial charge in [0.05, 0.1) is 6.07 Å². The maximum absolute atomic E-state index is 8.57. The van der Waals surface area contributed by atoms with Crippen LogP contribution in [-0.4, -0.2) is 16.4 Å². The van der Waals surface area contributed by atoms with Gasteiger partial charge in [-0.25, -0.2) is 0 Å². The first kappa shape index (κ1) is 8.23. The van der Waals surface area contributed by atoms with E-state index in [1.807, 2.05) is 6.26 Å². The molecule has 0 bridgehead atoms. The molecule has 1 saturated carbocycles. The largest absolute Gasteiger partial charge is 0.197 e. The van der Waals surface area contributed by atoms with Crippen molar-refractivity contribution < 1.29 is 0 Å². The number of alkyl halides is 1. The minimum Gasteiger partial charge on any atom is -0.197 e. The predicted molar refractivity (Wildman–Crippen MR) is 45.4 cm³/mol. The summed E-state index contributed by atoms with van der Waals surface area (Å²) in [5, 5.41) is 8.28. The number of nitriles is 1. The summed E-state index contributed by atoms with van der Waals surface area (Å²) in [6.45, 7) is 0. The van der Waals surface area contributed by atoms with Crippen molar-refractivity contribution in [3.05, 3.63) is 0 Å². The summed E-state index contributed by atoms with van der Waals surface area (Å²) < 4.78 is 0.0936. The zero-order valence-electron chi connectivity index (χ0n) is 5.93. The zero-order valence-corrected chi connectivity index (χ0v) is 7.50. The fourth-order valence-electron chi connectivity index (χ4n) is 1.20. The van der Waals surface area contributed by atoms with Gasteiger partial charge in [-0.2, -0.15) is 17.0 Å². The number of halogens is 1. The van der Waals surface area contributed by atoms with Gasteiger partial charge in [-0.05, 0) is 19.1 Å². The molecule has 0 saturated heterocycles. The van der Waals surface area contributed by atoms with Gasteiger partial charge < -0.3 is 0 Å². The molecule has 1 aliphatic carbocycles. The lowest BCUT2D eigenvalue weighted by molar-refractivity contribution is 0.373. The lowest BCUT2D eigenvalue weighted by Gasteiger charge is -2.41. The molecule has 1 atom stereocenters. The van der Waals surface area contributed by atoms with E-state index in [0.717, 1.165) is 12.8 Å². The molecule has 0 N–H and O–H groups in total. The molecule has 0 aliphatic heterocycles. The lowest BCUT2D eigenvalue weighted by atomic mass is 9.82. The Morgan fingerprint density at radius 3 is 2.40 bits per heavy atom. The third-order valence-electron chi connectivity index (χ3n) is 2.18. The van der Waals surface area contributed by atoms with Crippen LogP contribution in [0.3, 0.4) is 0 Å². The Morgan fingerprint density at radius 1 is 1.70 bits per heavy atom. The molecule has 0 amide bonds. The van der Waals surface area contributed by atoms with E-state index in [1.54, 1.807) is 11.8 Å². The van der Waals surface area contributed by atoms with Gasteiger partial charge in [0.15, 0.2) is 0 Å². The Labute approximate surface area is 70.7 Å². The minimum absolute atomic E-state index is 0.0936. The van der Waals surface area contributed by atoms with Crippen LogP contribution in [0.5, 0.6) is 0 Å². The van der Waals surface area contributed by atoms with Crippen molar-refractivity contribution in [3.8, 4) is 6.07 Å². The van der Waals surface area contributed by atoms with Gasteiger partial charge in [-0.15, -0.1) is 11.6 Å². The van der Waals surface area contributed by atoms with Gasteiger partial charge in [0.2, 0.25) is 0 Å². The van der Waals surface area contributed by atoms with E-state index in [4.69, 9.17) is 16.9 Å². The average molecular weight is 176 g/mol. The molecule has 0 aromatic rings. The first-order chi connectivity index (χ1) is 4.75. The Hall–Kier alpha value is 0.130. The second-order valence-corrected chi connectivity index (χ2v) is 4.27. The first-order valence-corrected chi connectivity index (χ1v) is 5.00. The molecule has 0 radical (unpaired) electrons. The summed E-state index contributed by atoms with van der Waals surface area (Å²) in [4.78, 5) is 0. The molecule has 0 aromatic heterocycles. The molecule has 0 heterocycles. The van der Waals surface area contributed by atoms with E-state index >= 15 is 0 Å². The maximum Gasteiger partial charge on any atom is 0.135 e. The normalized spacial score (nSPS) is 24.5. The third kappa shape index (κ3) is 1.13.